The van der Waals surface area contributed by atoms with Crippen molar-refractivity contribution < 1.29 is 14.2 Å². The van der Waals surface area contributed by atoms with E-state index in [2.05, 4.69) is 14.9 Å². The van der Waals surface area contributed by atoms with Gasteiger partial charge in [-0.1, -0.05) is 22.4 Å². The minimum absolute atomic E-state index is 0.0333. The lowest BCUT2D eigenvalue weighted by molar-refractivity contribution is -0.132. The van der Waals surface area contributed by atoms with Crippen molar-refractivity contribution in [3.05, 3.63) is 41.2 Å². The van der Waals surface area contributed by atoms with Gasteiger partial charge in [-0.3, -0.25) is 9.59 Å². The molecule has 1 atom stereocenters. The van der Waals surface area contributed by atoms with Crippen LogP contribution in [0.3, 0.4) is 0 Å². The highest BCUT2D eigenvalue weighted by atomic mass is 32.2. The van der Waals surface area contributed by atoms with Crippen molar-refractivity contribution in [3.8, 4) is 0 Å². The molecule has 1 aliphatic rings. The van der Waals surface area contributed by atoms with Crippen LogP contribution in [0.1, 0.15) is 34.6 Å². The van der Waals surface area contributed by atoms with E-state index in [1.807, 2.05) is 30.5 Å². The van der Waals surface area contributed by atoms with E-state index in [9.17, 15) is 9.59 Å². The first-order chi connectivity index (χ1) is 12.1. The number of benzene rings is 1. The first kappa shape index (κ1) is 17.7. The Kier molecular flexibility index (Phi) is 5.53. The lowest BCUT2D eigenvalue weighted by Crippen LogP contribution is -2.43. The predicted octanol–water partition coefficient (Wildman–Crippen LogP) is 2.76. The van der Waals surface area contributed by atoms with Crippen molar-refractivity contribution in [1.82, 2.24) is 15.2 Å². The number of ketones is 1. The van der Waals surface area contributed by atoms with Crippen molar-refractivity contribution >= 4 is 23.5 Å². The van der Waals surface area contributed by atoms with Crippen LogP contribution in [-0.2, 0) is 11.2 Å². The number of amides is 1. The van der Waals surface area contributed by atoms with Crippen molar-refractivity contribution in [2.45, 2.75) is 31.1 Å². The minimum Gasteiger partial charge on any atom is -0.342 e. The highest BCUT2D eigenvalue weighted by Gasteiger charge is 2.29. The van der Waals surface area contributed by atoms with Crippen LogP contribution in [0.25, 0.3) is 0 Å². The maximum atomic E-state index is 12.8. The molecule has 132 valence electrons. The standard InChI is InChI=1S/C18H21N3O3S/c1-12-16(20-24-19-12)10-17(22)21-9-3-4-14(11-21)18(23)13-5-7-15(25-2)8-6-13/h5-8,14H,3-4,9-11H2,1-2H3/t14-/m0/s1. The Hall–Kier alpha value is -2.15. The summed E-state index contributed by atoms with van der Waals surface area (Å²) < 4.78 is 4.64. The van der Waals surface area contributed by atoms with E-state index in [1.54, 1.807) is 23.6 Å². The number of aryl methyl sites for hydroxylation is 1. The largest absolute Gasteiger partial charge is 0.342 e. The molecule has 1 fully saturated rings. The fourth-order valence-electron chi connectivity index (χ4n) is 3.07. The van der Waals surface area contributed by atoms with Gasteiger partial charge in [-0.25, -0.2) is 4.63 Å². The maximum Gasteiger partial charge on any atom is 0.228 e. The summed E-state index contributed by atoms with van der Waals surface area (Å²) in [5.74, 6) is -0.0622. The average Bonchev–Trinajstić information content (AvgIpc) is 3.06. The van der Waals surface area contributed by atoms with Crippen LogP contribution >= 0.6 is 11.8 Å². The van der Waals surface area contributed by atoms with E-state index in [-0.39, 0.29) is 24.0 Å². The van der Waals surface area contributed by atoms with E-state index >= 15 is 0 Å². The molecule has 0 N–H and O–H groups in total. The molecule has 1 aromatic carbocycles. The third-order valence-electron chi connectivity index (χ3n) is 4.58. The SMILES string of the molecule is CSc1ccc(C(=O)[C@H]2CCCN(C(=O)Cc3nonc3C)C2)cc1. The number of rotatable bonds is 5. The zero-order valence-electron chi connectivity index (χ0n) is 14.4. The Morgan fingerprint density at radius 2 is 2.04 bits per heavy atom. The molecule has 2 heterocycles. The van der Waals surface area contributed by atoms with Gasteiger partial charge in [0.15, 0.2) is 5.78 Å². The molecule has 2 aromatic rings. The summed E-state index contributed by atoms with van der Waals surface area (Å²) in [6.07, 6.45) is 3.82. The van der Waals surface area contributed by atoms with Gasteiger partial charge in [0, 0.05) is 29.5 Å². The predicted molar refractivity (Wildman–Crippen MR) is 94.6 cm³/mol. The van der Waals surface area contributed by atoms with Gasteiger partial charge in [0.2, 0.25) is 5.91 Å². The van der Waals surface area contributed by atoms with Gasteiger partial charge >= 0.3 is 0 Å². The van der Waals surface area contributed by atoms with E-state index in [0.29, 0.717) is 30.0 Å². The zero-order valence-corrected chi connectivity index (χ0v) is 15.2. The lowest BCUT2D eigenvalue weighted by Gasteiger charge is -2.32. The molecule has 3 rings (SSSR count). The molecule has 0 saturated carbocycles. The smallest absolute Gasteiger partial charge is 0.228 e. The summed E-state index contributed by atoms with van der Waals surface area (Å²) in [6, 6.07) is 7.67. The fraction of sp³-hybridized carbons (Fsp3) is 0.444. The first-order valence-electron chi connectivity index (χ1n) is 8.32. The van der Waals surface area contributed by atoms with E-state index in [0.717, 1.165) is 17.7 Å². The molecule has 1 saturated heterocycles. The van der Waals surface area contributed by atoms with Crippen molar-refractivity contribution in [3.63, 3.8) is 0 Å². The Morgan fingerprint density at radius 1 is 1.28 bits per heavy atom. The molecule has 6 nitrogen and oxygen atoms in total. The lowest BCUT2D eigenvalue weighted by atomic mass is 9.90. The average molecular weight is 359 g/mol. The number of carbonyl (C=O) groups is 2. The second-order valence-corrected chi connectivity index (χ2v) is 7.12. The Bertz CT molecular complexity index is 757. The van der Waals surface area contributed by atoms with Crippen molar-refractivity contribution in [2.24, 2.45) is 5.92 Å². The first-order valence-corrected chi connectivity index (χ1v) is 9.55. The van der Waals surface area contributed by atoms with Crippen LogP contribution in [0.5, 0.6) is 0 Å². The van der Waals surface area contributed by atoms with Gasteiger partial charge in [-0.2, -0.15) is 0 Å². The van der Waals surface area contributed by atoms with Gasteiger partial charge in [0.25, 0.3) is 0 Å². The highest BCUT2D eigenvalue weighted by Crippen LogP contribution is 2.23. The third kappa shape index (κ3) is 4.10. The fourth-order valence-corrected chi connectivity index (χ4v) is 3.48. The van der Waals surface area contributed by atoms with Crippen LogP contribution in [0.2, 0.25) is 0 Å². The second kappa shape index (κ2) is 7.82. The van der Waals surface area contributed by atoms with Crippen molar-refractivity contribution in [1.29, 1.82) is 0 Å². The minimum atomic E-state index is -0.144. The molecule has 1 amide bonds. The van der Waals surface area contributed by atoms with Crippen LogP contribution in [0.4, 0.5) is 0 Å². The monoisotopic (exact) mass is 359 g/mol. The molecule has 0 bridgehead atoms. The van der Waals surface area contributed by atoms with E-state index < -0.39 is 0 Å². The van der Waals surface area contributed by atoms with Crippen LogP contribution in [-0.4, -0.2) is 46.2 Å². The summed E-state index contributed by atoms with van der Waals surface area (Å²) >= 11 is 1.65. The van der Waals surface area contributed by atoms with Gasteiger partial charge < -0.3 is 4.90 Å². The number of piperidine rings is 1. The normalized spacial score (nSPS) is 17.5. The zero-order chi connectivity index (χ0) is 17.8. The highest BCUT2D eigenvalue weighted by molar-refractivity contribution is 7.98. The Morgan fingerprint density at radius 3 is 2.68 bits per heavy atom. The molecular formula is C18H21N3O3S. The number of carbonyl (C=O) groups excluding carboxylic acids is 2. The number of nitrogens with zero attached hydrogens (tertiary/aromatic N) is 3. The van der Waals surface area contributed by atoms with Gasteiger partial charge in [0.1, 0.15) is 11.4 Å². The third-order valence-corrected chi connectivity index (χ3v) is 5.33. The van der Waals surface area contributed by atoms with E-state index in [4.69, 9.17) is 0 Å². The molecule has 1 aromatic heterocycles. The van der Waals surface area contributed by atoms with Gasteiger partial charge in [0.05, 0.1) is 6.42 Å². The molecule has 1 aliphatic heterocycles. The van der Waals surface area contributed by atoms with Crippen LogP contribution in [0, 0.1) is 12.8 Å². The van der Waals surface area contributed by atoms with Crippen LogP contribution in [0.15, 0.2) is 33.8 Å². The topological polar surface area (TPSA) is 76.3 Å². The maximum absolute atomic E-state index is 12.8. The van der Waals surface area contributed by atoms with Crippen LogP contribution < -0.4 is 0 Å². The summed E-state index contributed by atoms with van der Waals surface area (Å²) in [4.78, 5) is 28.2. The number of aromatic nitrogens is 2. The quantitative estimate of drug-likeness (QED) is 0.603. The number of hydrogen-bond acceptors (Lipinski definition) is 6. The number of thioether (sulfide) groups is 1. The summed E-state index contributed by atoms with van der Waals surface area (Å²) in [7, 11) is 0. The molecule has 0 radical (unpaired) electrons. The molecule has 25 heavy (non-hydrogen) atoms. The van der Waals surface area contributed by atoms with Crippen molar-refractivity contribution in [2.75, 3.05) is 19.3 Å². The molecule has 0 aliphatic carbocycles. The second-order valence-electron chi connectivity index (χ2n) is 6.24. The molecule has 0 spiro atoms. The van der Waals surface area contributed by atoms with Gasteiger partial charge in [-0.15, -0.1) is 11.8 Å². The summed E-state index contributed by atoms with van der Waals surface area (Å²) in [6.45, 7) is 2.91. The molecule has 7 heteroatoms. The number of likely N-dealkylation sites (tertiary alicyclic amines) is 1. The van der Waals surface area contributed by atoms with Gasteiger partial charge in [-0.05, 0) is 38.2 Å². The Balaban J connectivity index is 1.64. The number of Topliss-reactive ketones (excluding diaryl/α,β-unsaturated/α-hetero) is 1. The van der Waals surface area contributed by atoms with E-state index in [1.165, 1.54) is 0 Å². The summed E-state index contributed by atoms with van der Waals surface area (Å²) in [5, 5.41) is 7.47. The number of hydrogen-bond donors (Lipinski definition) is 0. The molecular weight excluding hydrogens is 338 g/mol. The molecule has 0 unspecified atom stereocenters. The summed E-state index contributed by atoms with van der Waals surface area (Å²) in [5.41, 5.74) is 1.91. The Labute approximate surface area is 150 Å².